The van der Waals surface area contributed by atoms with Gasteiger partial charge in [0.05, 0.1) is 6.20 Å². The SMILES string of the molecule is CC(CCl)Nc1ccn2nccc2n1. The Morgan fingerprint density at radius 2 is 2.43 bits per heavy atom. The number of anilines is 1. The Labute approximate surface area is 86.9 Å². The van der Waals surface area contributed by atoms with Crippen LogP contribution in [0, 0.1) is 0 Å². The van der Waals surface area contributed by atoms with E-state index in [0.29, 0.717) is 5.88 Å². The predicted molar refractivity (Wildman–Crippen MR) is 56.8 cm³/mol. The van der Waals surface area contributed by atoms with E-state index in [1.807, 2.05) is 25.3 Å². The second-order valence-electron chi connectivity index (χ2n) is 3.15. The van der Waals surface area contributed by atoms with Gasteiger partial charge in [-0.2, -0.15) is 5.10 Å². The van der Waals surface area contributed by atoms with Crippen LogP contribution >= 0.6 is 11.6 Å². The Morgan fingerprint density at radius 3 is 3.21 bits per heavy atom. The van der Waals surface area contributed by atoms with Crippen molar-refractivity contribution in [1.29, 1.82) is 0 Å². The molecule has 0 aliphatic rings. The minimum absolute atomic E-state index is 0.217. The van der Waals surface area contributed by atoms with Crippen LogP contribution in [0.1, 0.15) is 6.92 Å². The monoisotopic (exact) mass is 210 g/mol. The molecule has 0 saturated carbocycles. The summed E-state index contributed by atoms with van der Waals surface area (Å²) in [6.07, 6.45) is 3.59. The van der Waals surface area contributed by atoms with Crippen molar-refractivity contribution in [2.45, 2.75) is 13.0 Å². The maximum atomic E-state index is 5.69. The molecule has 1 N–H and O–H groups in total. The van der Waals surface area contributed by atoms with Crippen LogP contribution in [0.4, 0.5) is 5.82 Å². The van der Waals surface area contributed by atoms with Gasteiger partial charge in [-0.15, -0.1) is 11.6 Å². The fourth-order valence-corrected chi connectivity index (χ4v) is 1.26. The summed E-state index contributed by atoms with van der Waals surface area (Å²) in [5.74, 6) is 1.39. The molecule has 5 heteroatoms. The lowest BCUT2D eigenvalue weighted by Crippen LogP contribution is -2.17. The van der Waals surface area contributed by atoms with Gasteiger partial charge in [-0.3, -0.25) is 0 Å². The van der Waals surface area contributed by atoms with E-state index in [9.17, 15) is 0 Å². The second-order valence-corrected chi connectivity index (χ2v) is 3.46. The zero-order valence-corrected chi connectivity index (χ0v) is 8.57. The van der Waals surface area contributed by atoms with Crippen LogP contribution in [0.2, 0.25) is 0 Å². The van der Waals surface area contributed by atoms with E-state index in [0.717, 1.165) is 11.5 Å². The molecule has 0 amide bonds. The zero-order chi connectivity index (χ0) is 9.97. The van der Waals surface area contributed by atoms with Crippen LogP contribution in [0.25, 0.3) is 5.65 Å². The van der Waals surface area contributed by atoms with Gasteiger partial charge in [-0.05, 0) is 13.0 Å². The lowest BCUT2D eigenvalue weighted by atomic mass is 10.4. The van der Waals surface area contributed by atoms with E-state index >= 15 is 0 Å². The van der Waals surface area contributed by atoms with Crippen LogP contribution in [-0.2, 0) is 0 Å². The molecule has 1 unspecified atom stereocenters. The maximum absolute atomic E-state index is 5.69. The van der Waals surface area contributed by atoms with Crippen LogP contribution < -0.4 is 5.32 Å². The molecular weight excluding hydrogens is 200 g/mol. The first-order chi connectivity index (χ1) is 6.79. The molecule has 0 saturated heterocycles. The summed E-state index contributed by atoms with van der Waals surface area (Å²) in [6.45, 7) is 2.01. The summed E-state index contributed by atoms with van der Waals surface area (Å²) in [5, 5.41) is 7.25. The number of hydrogen-bond acceptors (Lipinski definition) is 3. The number of fused-ring (bicyclic) bond motifs is 1. The molecule has 0 spiro atoms. The Balaban J connectivity index is 2.25. The van der Waals surface area contributed by atoms with Gasteiger partial charge in [0.15, 0.2) is 5.65 Å². The van der Waals surface area contributed by atoms with Gasteiger partial charge >= 0.3 is 0 Å². The third kappa shape index (κ3) is 1.80. The molecule has 0 bridgehead atoms. The largest absolute Gasteiger partial charge is 0.366 e. The molecule has 1 atom stereocenters. The van der Waals surface area contributed by atoms with Gasteiger partial charge in [0.25, 0.3) is 0 Å². The number of aromatic nitrogens is 3. The number of nitrogens with zero attached hydrogens (tertiary/aromatic N) is 3. The van der Waals surface area contributed by atoms with E-state index in [1.54, 1.807) is 10.7 Å². The van der Waals surface area contributed by atoms with Crippen LogP contribution in [0.3, 0.4) is 0 Å². The smallest absolute Gasteiger partial charge is 0.157 e. The number of hydrogen-bond donors (Lipinski definition) is 1. The van der Waals surface area contributed by atoms with Crippen LogP contribution in [0.5, 0.6) is 0 Å². The van der Waals surface area contributed by atoms with Crippen molar-refractivity contribution in [3.63, 3.8) is 0 Å². The molecule has 0 aliphatic carbocycles. The van der Waals surface area contributed by atoms with Gasteiger partial charge < -0.3 is 5.32 Å². The third-order valence-electron chi connectivity index (χ3n) is 1.88. The average molecular weight is 211 g/mol. The first kappa shape index (κ1) is 9.27. The van der Waals surface area contributed by atoms with E-state index in [4.69, 9.17) is 11.6 Å². The second kappa shape index (κ2) is 3.84. The van der Waals surface area contributed by atoms with Crippen molar-refractivity contribution < 1.29 is 0 Å². The summed E-state index contributed by atoms with van der Waals surface area (Å²) in [6, 6.07) is 3.95. The quantitative estimate of drug-likeness (QED) is 0.786. The highest BCUT2D eigenvalue weighted by atomic mass is 35.5. The summed E-state index contributed by atoms with van der Waals surface area (Å²) >= 11 is 5.69. The van der Waals surface area contributed by atoms with Gasteiger partial charge in [0, 0.05) is 24.2 Å². The first-order valence-corrected chi connectivity index (χ1v) is 4.96. The number of alkyl halides is 1. The molecular formula is C9H11ClN4. The first-order valence-electron chi connectivity index (χ1n) is 4.42. The minimum atomic E-state index is 0.217. The van der Waals surface area contributed by atoms with Crippen LogP contribution in [0.15, 0.2) is 24.5 Å². The van der Waals surface area contributed by atoms with Crippen molar-refractivity contribution in [3.05, 3.63) is 24.5 Å². The van der Waals surface area contributed by atoms with Gasteiger partial charge in [-0.1, -0.05) is 0 Å². The van der Waals surface area contributed by atoms with Crippen molar-refractivity contribution in [2.24, 2.45) is 0 Å². The Hall–Kier alpha value is -1.29. The van der Waals surface area contributed by atoms with E-state index in [1.165, 1.54) is 0 Å². The maximum Gasteiger partial charge on any atom is 0.157 e. The normalized spacial score (nSPS) is 13.0. The standard InChI is InChI=1S/C9H11ClN4/c1-7(6-10)12-8-3-5-14-9(13-8)2-4-11-14/h2-5,7H,6H2,1H3,(H,12,13). The highest BCUT2D eigenvalue weighted by molar-refractivity contribution is 6.18. The lowest BCUT2D eigenvalue weighted by Gasteiger charge is -2.10. The van der Waals surface area contributed by atoms with Crippen molar-refractivity contribution in [1.82, 2.24) is 14.6 Å². The molecule has 0 radical (unpaired) electrons. The van der Waals surface area contributed by atoms with Crippen molar-refractivity contribution in [2.75, 3.05) is 11.2 Å². The van der Waals surface area contributed by atoms with Crippen molar-refractivity contribution >= 4 is 23.1 Å². The zero-order valence-electron chi connectivity index (χ0n) is 7.81. The summed E-state index contributed by atoms with van der Waals surface area (Å²) in [4.78, 5) is 4.35. The molecule has 74 valence electrons. The van der Waals surface area contributed by atoms with Crippen molar-refractivity contribution in [3.8, 4) is 0 Å². The number of nitrogens with one attached hydrogen (secondary N) is 1. The Kier molecular flexibility index (Phi) is 2.54. The van der Waals surface area contributed by atoms with E-state index in [2.05, 4.69) is 15.4 Å². The summed E-state index contributed by atoms with van der Waals surface area (Å²) < 4.78 is 1.72. The van der Waals surface area contributed by atoms with Gasteiger partial charge in [-0.25, -0.2) is 9.50 Å². The highest BCUT2D eigenvalue weighted by Gasteiger charge is 2.02. The highest BCUT2D eigenvalue weighted by Crippen LogP contribution is 2.07. The number of halogens is 1. The molecule has 0 aliphatic heterocycles. The molecule has 14 heavy (non-hydrogen) atoms. The van der Waals surface area contributed by atoms with E-state index < -0.39 is 0 Å². The van der Waals surface area contributed by atoms with Crippen LogP contribution in [-0.4, -0.2) is 26.5 Å². The molecule has 4 nitrogen and oxygen atoms in total. The molecule has 2 heterocycles. The fourth-order valence-electron chi connectivity index (χ4n) is 1.18. The molecule has 0 aromatic carbocycles. The third-order valence-corrected chi connectivity index (χ3v) is 2.35. The number of rotatable bonds is 3. The molecule has 0 fully saturated rings. The molecule has 2 aromatic rings. The Morgan fingerprint density at radius 1 is 1.57 bits per heavy atom. The lowest BCUT2D eigenvalue weighted by molar-refractivity contribution is 0.885. The Bertz CT molecular complexity index is 425. The minimum Gasteiger partial charge on any atom is -0.366 e. The molecule has 2 rings (SSSR count). The van der Waals surface area contributed by atoms with Gasteiger partial charge in [0.2, 0.25) is 0 Å². The molecule has 2 aromatic heterocycles. The predicted octanol–water partition coefficient (Wildman–Crippen LogP) is 1.77. The van der Waals surface area contributed by atoms with Gasteiger partial charge in [0.1, 0.15) is 5.82 Å². The summed E-state index contributed by atoms with van der Waals surface area (Å²) in [7, 11) is 0. The topological polar surface area (TPSA) is 42.2 Å². The average Bonchev–Trinajstić information content (AvgIpc) is 2.64. The van der Waals surface area contributed by atoms with E-state index in [-0.39, 0.29) is 6.04 Å². The summed E-state index contributed by atoms with van der Waals surface area (Å²) in [5.41, 5.74) is 0.830. The fraction of sp³-hybridized carbons (Fsp3) is 0.333.